The molecule has 0 amide bonds. The quantitative estimate of drug-likeness (QED) is 0.649. The number of rotatable bonds is 7. The second-order valence-corrected chi connectivity index (χ2v) is 3.34. The number of hydrogen-bond donors (Lipinski definition) is 0. The lowest BCUT2D eigenvalue weighted by Gasteiger charge is -2.15. The molecule has 1 aromatic heterocycles. The van der Waals surface area contributed by atoms with E-state index >= 15 is 0 Å². The number of aromatic nitrogens is 2. The molecule has 0 fully saturated rings. The molecule has 90 valence electrons. The van der Waals surface area contributed by atoms with Crippen molar-refractivity contribution in [2.75, 3.05) is 13.2 Å². The van der Waals surface area contributed by atoms with Crippen LogP contribution in [0.2, 0.25) is 0 Å². The van der Waals surface area contributed by atoms with Crippen LogP contribution in [0.4, 0.5) is 0 Å². The molecule has 0 aliphatic carbocycles. The molecular formula is C11H18N2O3. The summed E-state index contributed by atoms with van der Waals surface area (Å²) in [7, 11) is 1.85. The second kappa shape index (κ2) is 6.40. The fourth-order valence-corrected chi connectivity index (χ4v) is 1.34. The van der Waals surface area contributed by atoms with Gasteiger partial charge in [-0.2, -0.15) is 0 Å². The Balaban J connectivity index is 2.58. The number of carbonyl (C=O) groups is 1. The maximum Gasteiger partial charge on any atom is 0.218 e. The Labute approximate surface area is 95.4 Å². The molecule has 0 aliphatic rings. The molecule has 5 heteroatoms. The maximum atomic E-state index is 11.8. The normalized spacial score (nSPS) is 11.0. The zero-order valence-electron chi connectivity index (χ0n) is 9.97. The third-order valence-electron chi connectivity index (χ3n) is 2.15. The van der Waals surface area contributed by atoms with E-state index in [9.17, 15) is 4.79 Å². The van der Waals surface area contributed by atoms with Gasteiger partial charge in [0.15, 0.2) is 5.78 Å². The smallest absolute Gasteiger partial charge is 0.218 e. The van der Waals surface area contributed by atoms with Crippen LogP contribution in [0, 0.1) is 0 Å². The molecule has 0 radical (unpaired) electrons. The minimum Gasteiger partial charge on any atom is -0.346 e. The van der Waals surface area contributed by atoms with Gasteiger partial charge in [0.1, 0.15) is 5.82 Å². The van der Waals surface area contributed by atoms with E-state index in [0.29, 0.717) is 13.2 Å². The Morgan fingerprint density at radius 2 is 2.06 bits per heavy atom. The predicted octanol–water partition coefficient (Wildman–Crippen LogP) is 0.931. The minimum absolute atomic E-state index is 0.0991. The van der Waals surface area contributed by atoms with Crippen LogP contribution in [-0.4, -0.2) is 34.8 Å². The van der Waals surface area contributed by atoms with Gasteiger partial charge in [0.05, 0.1) is 6.42 Å². The Kier molecular flexibility index (Phi) is 5.14. The van der Waals surface area contributed by atoms with Crippen molar-refractivity contribution in [1.82, 2.24) is 9.55 Å². The fraction of sp³-hybridized carbons (Fsp3) is 0.636. The van der Waals surface area contributed by atoms with Crippen LogP contribution in [-0.2, 0) is 27.7 Å². The van der Waals surface area contributed by atoms with Crippen LogP contribution in [0.3, 0.4) is 0 Å². The summed E-state index contributed by atoms with van der Waals surface area (Å²) in [6.07, 6.45) is 2.93. The first-order chi connectivity index (χ1) is 7.69. The standard InChI is InChI=1S/C11H18N2O3/c1-4-15-11(16-5-2)9(14)8-10-12-6-7-13(10)3/h6-7,11H,4-5,8H2,1-3H3. The van der Waals surface area contributed by atoms with Crippen molar-refractivity contribution in [3.63, 3.8) is 0 Å². The topological polar surface area (TPSA) is 53.4 Å². The van der Waals surface area contributed by atoms with Gasteiger partial charge in [-0.05, 0) is 13.8 Å². The van der Waals surface area contributed by atoms with E-state index in [1.165, 1.54) is 0 Å². The lowest BCUT2D eigenvalue weighted by Crippen LogP contribution is -2.29. The molecule has 0 atom stereocenters. The van der Waals surface area contributed by atoms with Crippen LogP contribution >= 0.6 is 0 Å². The molecule has 16 heavy (non-hydrogen) atoms. The largest absolute Gasteiger partial charge is 0.346 e. The molecular weight excluding hydrogens is 208 g/mol. The number of imidazole rings is 1. The van der Waals surface area contributed by atoms with Crippen LogP contribution in [0.25, 0.3) is 0 Å². The second-order valence-electron chi connectivity index (χ2n) is 3.34. The number of ketones is 1. The van der Waals surface area contributed by atoms with E-state index in [4.69, 9.17) is 9.47 Å². The van der Waals surface area contributed by atoms with E-state index in [2.05, 4.69) is 4.98 Å². The van der Waals surface area contributed by atoms with E-state index < -0.39 is 6.29 Å². The number of hydrogen-bond acceptors (Lipinski definition) is 4. The van der Waals surface area contributed by atoms with Gasteiger partial charge in [-0.1, -0.05) is 0 Å². The summed E-state index contributed by atoms with van der Waals surface area (Å²) in [6, 6.07) is 0. The highest BCUT2D eigenvalue weighted by Crippen LogP contribution is 2.03. The van der Waals surface area contributed by atoms with Gasteiger partial charge in [-0.25, -0.2) is 4.98 Å². The molecule has 0 saturated carbocycles. The third kappa shape index (κ3) is 3.43. The van der Waals surface area contributed by atoms with Crippen molar-refractivity contribution < 1.29 is 14.3 Å². The molecule has 0 spiro atoms. The number of carbonyl (C=O) groups excluding carboxylic acids is 1. The first-order valence-electron chi connectivity index (χ1n) is 5.41. The van der Waals surface area contributed by atoms with Gasteiger partial charge >= 0.3 is 0 Å². The first kappa shape index (κ1) is 12.9. The van der Waals surface area contributed by atoms with Crippen molar-refractivity contribution >= 4 is 5.78 Å². The molecule has 0 aromatic carbocycles. The molecule has 5 nitrogen and oxygen atoms in total. The molecule has 1 rings (SSSR count). The van der Waals surface area contributed by atoms with Crippen LogP contribution in [0.15, 0.2) is 12.4 Å². The van der Waals surface area contributed by atoms with Gasteiger partial charge in [-0.3, -0.25) is 4.79 Å². The summed E-state index contributed by atoms with van der Waals surface area (Å²) in [6.45, 7) is 4.58. The van der Waals surface area contributed by atoms with Crippen molar-refractivity contribution in [3.05, 3.63) is 18.2 Å². The Hall–Kier alpha value is -1.20. The van der Waals surface area contributed by atoms with Gasteiger partial charge in [0.25, 0.3) is 0 Å². The van der Waals surface area contributed by atoms with Crippen molar-refractivity contribution in [3.8, 4) is 0 Å². The molecule has 0 saturated heterocycles. The summed E-state index contributed by atoms with van der Waals surface area (Å²) >= 11 is 0. The molecule has 0 N–H and O–H groups in total. The molecule has 1 heterocycles. The van der Waals surface area contributed by atoms with Crippen LogP contribution in [0.5, 0.6) is 0 Å². The predicted molar refractivity (Wildman–Crippen MR) is 59.0 cm³/mol. The Morgan fingerprint density at radius 3 is 2.50 bits per heavy atom. The van der Waals surface area contributed by atoms with Gasteiger partial charge < -0.3 is 14.0 Å². The third-order valence-corrected chi connectivity index (χ3v) is 2.15. The maximum absolute atomic E-state index is 11.8. The monoisotopic (exact) mass is 226 g/mol. The average molecular weight is 226 g/mol. The van der Waals surface area contributed by atoms with E-state index in [-0.39, 0.29) is 12.2 Å². The van der Waals surface area contributed by atoms with Gasteiger partial charge in [0, 0.05) is 32.7 Å². The summed E-state index contributed by atoms with van der Waals surface area (Å²) in [5, 5.41) is 0. The highest BCUT2D eigenvalue weighted by Gasteiger charge is 2.20. The van der Waals surface area contributed by atoms with Crippen LogP contribution < -0.4 is 0 Å². The number of Topliss-reactive ketones (excluding diaryl/α,β-unsaturated/α-hetero) is 1. The van der Waals surface area contributed by atoms with Crippen molar-refractivity contribution in [2.45, 2.75) is 26.6 Å². The minimum atomic E-state index is -0.772. The average Bonchev–Trinajstić information content (AvgIpc) is 2.64. The summed E-state index contributed by atoms with van der Waals surface area (Å²) in [4.78, 5) is 15.9. The molecule has 0 unspecified atom stereocenters. The van der Waals surface area contributed by atoms with E-state index in [1.54, 1.807) is 12.4 Å². The highest BCUT2D eigenvalue weighted by molar-refractivity contribution is 5.83. The lowest BCUT2D eigenvalue weighted by atomic mass is 10.2. The van der Waals surface area contributed by atoms with E-state index in [0.717, 1.165) is 5.82 Å². The van der Waals surface area contributed by atoms with Crippen molar-refractivity contribution in [2.24, 2.45) is 7.05 Å². The Morgan fingerprint density at radius 1 is 1.44 bits per heavy atom. The molecule has 0 bridgehead atoms. The number of nitrogens with zero attached hydrogens (tertiary/aromatic N) is 2. The number of ether oxygens (including phenoxy) is 2. The zero-order chi connectivity index (χ0) is 12.0. The fourth-order valence-electron chi connectivity index (χ4n) is 1.34. The Bertz CT molecular complexity index is 330. The molecule has 1 aromatic rings. The summed E-state index contributed by atoms with van der Waals surface area (Å²) in [5.74, 6) is 0.618. The van der Waals surface area contributed by atoms with Crippen molar-refractivity contribution in [1.29, 1.82) is 0 Å². The van der Waals surface area contributed by atoms with Gasteiger partial charge in [-0.15, -0.1) is 0 Å². The summed E-state index contributed by atoms with van der Waals surface area (Å²) in [5.41, 5.74) is 0. The molecule has 0 aliphatic heterocycles. The van der Waals surface area contributed by atoms with Crippen LogP contribution in [0.1, 0.15) is 19.7 Å². The number of aryl methyl sites for hydroxylation is 1. The zero-order valence-corrected chi connectivity index (χ0v) is 9.97. The summed E-state index contributed by atoms with van der Waals surface area (Å²) < 4.78 is 12.3. The highest BCUT2D eigenvalue weighted by atomic mass is 16.7. The first-order valence-corrected chi connectivity index (χ1v) is 5.41. The lowest BCUT2D eigenvalue weighted by molar-refractivity contribution is -0.167. The van der Waals surface area contributed by atoms with Gasteiger partial charge in [0.2, 0.25) is 6.29 Å². The van der Waals surface area contributed by atoms with E-state index in [1.807, 2.05) is 25.5 Å². The SMILES string of the molecule is CCOC(OCC)C(=O)Cc1nccn1C.